The van der Waals surface area contributed by atoms with Gasteiger partial charge in [0.2, 0.25) is 0 Å². The maximum absolute atomic E-state index is 7.94. The molecule has 34 valence electrons. The van der Waals surface area contributed by atoms with E-state index in [9.17, 15) is 0 Å². The number of hydrogen-bond acceptors (Lipinski definition) is 2. The first-order valence-corrected chi connectivity index (χ1v) is 1.51. The summed E-state index contributed by atoms with van der Waals surface area (Å²) in [5, 5.41) is 7.94. The summed E-state index contributed by atoms with van der Waals surface area (Å²) < 4.78 is 4.44. The van der Waals surface area contributed by atoms with Gasteiger partial charge in [0.05, 0.1) is 13.2 Å². The Morgan fingerprint density at radius 3 is 2.17 bits per heavy atom. The molecular weight excluding hydrogens is 91.0 g/mol. The van der Waals surface area contributed by atoms with Gasteiger partial charge in [0, 0.05) is 7.11 Å². The van der Waals surface area contributed by atoms with Crippen molar-refractivity contribution >= 4 is 29.6 Å². The minimum atomic E-state index is 0. The van der Waals surface area contributed by atoms with E-state index in [4.69, 9.17) is 5.11 Å². The van der Waals surface area contributed by atoms with Gasteiger partial charge >= 0.3 is 29.6 Å². The first-order valence-electron chi connectivity index (χ1n) is 1.51. The van der Waals surface area contributed by atoms with Crippen LogP contribution in [-0.4, -0.2) is 55.0 Å². The van der Waals surface area contributed by atoms with E-state index in [0.29, 0.717) is 6.61 Å². The monoisotopic (exact) mass is 100 g/mol. The van der Waals surface area contributed by atoms with Crippen molar-refractivity contribution in [2.24, 2.45) is 0 Å². The molecule has 0 aliphatic carbocycles. The van der Waals surface area contributed by atoms with Crippen LogP contribution in [0.5, 0.6) is 0 Å². The molecule has 0 saturated heterocycles. The Morgan fingerprint density at radius 2 is 2.17 bits per heavy atom. The summed E-state index contributed by atoms with van der Waals surface area (Å²) in [6.45, 7) is 0.566. The van der Waals surface area contributed by atoms with Crippen LogP contribution in [0.1, 0.15) is 0 Å². The van der Waals surface area contributed by atoms with Gasteiger partial charge in [0.15, 0.2) is 0 Å². The van der Waals surface area contributed by atoms with E-state index < -0.39 is 0 Å². The molecule has 0 aliphatic rings. The summed E-state index contributed by atoms with van der Waals surface area (Å²) >= 11 is 0. The second-order valence-electron chi connectivity index (χ2n) is 0.716. The van der Waals surface area contributed by atoms with Crippen LogP contribution < -0.4 is 0 Å². The quantitative estimate of drug-likeness (QED) is 0.450. The molecule has 0 unspecified atom stereocenters. The summed E-state index contributed by atoms with van der Waals surface area (Å²) in [6.07, 6.45) is 0. The van der Waals surface area contributed by atoms with Gasteiger partial charge < -0.3 is 9.84 Å². The van der Waals surface area contributed by atoms with Crippen molar-refractivity contribution in [1.82, 2.24) is 0 Å². The molecule has 6 heavy (non-hydrogen) atoms. The fraction of sp³-hybridized carbons (Fsp3) is 1.00. The van der Waals surface area contributed by atoms with Crippen molar-refractivity contribution in [2.75, 3.05) is 20.3 Å². The van der Waals surface area contributed by atoms with Gasteiger partial charge in [-0.1, -0.05) is 0 Å². The summed E-state index contributed by atoms with van der Waals surface area (Å²) in [7, 11) is 1.55. The van der Waals surface area contributed by atoms with Crippen LogP contribution in [0.3, 0.4) is 0 Å². The zero-order chi connectivity index (χ0) is 4.12. The van der Waals surface area contributed by atoms with Crippen LogP contribution in [0.25, 0.3) is 0 Å². The molecule has 0 saturated carbocycles. The normalized spacial score (nSPS) is 7.00. The van der Waals surface area contributed by atoms with Gasteiger partial charge in [0.1, 0.15) is 0 Å². The third-order valence-electron chi connectivity index (χ3n) is 0.295. The predicted molar refractivity (Wildman–Crippen MR) is 26.1 cm³/mol. The van der Waals surface area contributed by atoms with Gasteiger partial charge in [-0.25, -0.2) is 0 Å². The van der Waals surface area contributed by atoms with E-state index in [1.54, 1.807) is 7.11 Å². The van der Waals surface area contributed by atoms with Gasteiger partial charge in [-0.05, 0) is 0 Å². The van der Waals surface area contributed by atoms with Crippen molar-refractivity contribution in [3.05, 3.63) is 0 Å². The Kier molecular flexibility index (Phi) is 15.6. The van der Waals surface area contributed by atoms with Gasteiger partial charge in [0.25, 0.3) is 0 Å². The molecule has 0 bridgehead atoms. The van der Waals surface area contributed by atoms with Gasteiger partial charge in [-0.15, -0.1) is 0 Å². The second-order valence-corrected chi connectivity index (χ2v) is 0.716. The van der Waals surface area contributed by atoms with Crippen molar-refractivity contribution in [2.45, 2.75) is 0 Å². The van der Waals surface area contributed by atoms with Crippen LogP contribution in [0.2, 0.25) is 0 Å². The third kappa shape index (κ3) is 8.87. The average molecular weight is 100 g/mol. The van der Waals surface area contributed by atoms with Crippen LogP contribution in [0, 0.1) is 0 Å². The predicted octanol–water partition coefficient (Wildman–Crippen LogP) is -1.02. The van der Waals surface area contributed by atoms with Crippen molar-refractivity contribution in [1.29, 1.82) is 0 Å². The average Bonchev–Trinajstić information content (AvgIpc) is 1.41. The van der Waals surface area contributed by atoms with Crippen LogP contribution >= 0.6 is 0 Å². The van der Waals surface area contributed by atoms with Gasteiger partial charge in [-0.3, -0.25) is 0 Å². The molecule has 2 nitrogen and oxygen atoms in total. The fourth-order valence-corrected chi connectivity index (χ4v) is 0.0913. The Labute approximate surface area is 59.8 Å². The third-order valence-corrected chi connectivity index (χ3v) is 0.295. The summed E-state index contributed by atoms with van der Waals surface area (Å²) in [5.74, 6) is 0. The summed E-state index contributed by atoms with van der Waals surface area (Å²) in [4.78, 5) is 0. The van der Waals surface area contributed by atoms with Crippen molar-refractivity contribution in [3.63, 3.8) is 0 Å². The SMILES string of the molecule is COCCO.[NaH]. The Balaban J connectivity index is 0. The molecule has 1 N–H and O–H groups in total. The number of rotatable bonds is 2. The van der Waals surface area contributed by atoms with E-state index in [0.717, 1.165) is 0 Å². The van der Waals surface area contributed by atoms with Crippen LogP contribution in [0.15, 0.2) is 0 Å². The zero-order valence-electron chi connectivity index (χ0n) is 3.27. The summed E-state index contributed by atoms with van der Waals surface area (Å²) in [5.41, 5.74) is 0. The van der Waals surface area contributed by atoms with Crippen LogP contribution in [0.4, 0.5) is 0 Å². The van der Waals surface area contributed by atoms with Crippen molar-refractivity contribution in [3.8, 4) is 0 Å². The molecule has 0 radical (unpaired) electrons. The number of ether oxygens (including phenoxy) is 1. The molecule has 0 aromatic heterocycles. The molecule has 0 atom stereocenters. The van der Waals surface area contributed by atoms with Crippen molar-refractivity contribution < 1.29 is 9.84 Å². The molecule has 0 spiro atoms. The van der Waals surface area contributed by atoms with E-state index >= 15 is 0 Å². The minimum absolute atomic E-state index is 0. The second kappa shape index (κ2) is 9.33. The topological polar surface area (TPSA) is 29.5 Å². The fourth-order valence-electron chi connectivity index (χ4n) is 0.0913. The van der Waals surface area contributed by atoms with Crippen LogP contribution in [-0.2, 0) is 4.74 Å². The summed E-state index contributed by atoms with van der Waals surface area (Å²) in [6, 6.07) is 0. The number of methoxy groups -OCH3 is 1. The molecule has 0 heterocycles. The zero-order valence-corrected chi connectivity index (χ0v) is 3.27. The number of hydrogen-bond donors (Lipinski definition) is 1. The Morgan fingerprint density at radius 1 is 1.67 bits per heavy atom. The number of aliphatic hydroxyl groups excluding tert-OH is 1. The van der Waals surface area contributed by atoms with Gasteiger partial charge in [-0.2, -0.15) is 0 Å². The standard InChI is InChI=1S/C3H8O2.Na.H/c1-5-3-2-4;;/h4H,2-3H2,1H3;;. The first kappa shape index (κ1) is 10.0. The molecule has 0 amide bonds. The first-order chi connectivity index (χ1) is 2.41. The van der Waals surface area contributed by atoms with E-state index in [1.807, 2.05) is 0 Å². The molecule has 3 heteroatoms. The van der Waals surface area contributed by atoms with E-state index in [2.05, 4.69) is 4.74 Å². The molecule has 0 aromatic rings. The number of aliphatic hydroxyl groups is 1. The molecular formula is C3H9NaO2. The maximum atomic E-state index is 7.94. The molecule has 0 aromatic carbocycles. The Bertz CT molecular complexity index is 16.3. The Hall–Kier alpha value is 0.920. The molecule has 0 rings (SSSR count). The van der Waals surface area contributed by atoms with E-state index in [1.165, 1.54) is 0 Å². The van der Waals surface area contributed by atoms with E-state index in [-0.39, 0.29) is 36.2 Å². The molecule has 0 fully saturated rings. The molecule has 0 aliphatic heterocycles.